The van der Waals surface area contributed by atoms with Crippen LogP contribution in [0.4, 0.5) is 0 Å². The van der Waals surface area contributed by atoms with E-state index in [9.17, 15) is 4.79 Å². The molecule has 1 aromatic heterocycles. The van der Waals surface area contributed by atoms with Gasteiger partial charge in [0.25, 0.3) is 5.91 Å². The molecule has 0 saturated carbocycles. The maximum atomic E-state index is 11.2. The Morgan fingerprint density at radius 3 is 2.78 bits per heavy atom. The molecule has 0 saturated heterocycles. The summed E-state index contributed by atoms with van der Waals surface area (Å²) in [6.07, 6.45) is 1.52. The normalized spacial score (nSPS) is 10.1. The van der Waals surface area contributed by atoms with Crippen molar-refractivity contribution in [1.29, 1.82) is 0 Å². The molecular weight excluding hydrogens is 232 g/mol. The lowest BCUT2D eigenvalue weighted by atomic mass is 10.2. The van der Waals surface area contributed by atoms with Crippen molar-refractivity contribution in [2.24, 2.45) is 11.5 Å². The number of carbonyl (C=O) groups excluding carboxylic acids is 1. The van der Waals surface area contributed by atoms with E-state index in [4.69, 9.17) is 16.2 Å². The molecule has 92 valence electrons. The fraction of sp³-hybridized carbons (Fsp3) is 0.0833. The van der Waals surface area contributed by atoms with Crippen LogP contribution in [-0.4, -0.2) is 16.1 Å². The van der Waals surface area contributed by atoms with E-state index in [0.717, 1.165) is 0 Å². The van der Waals surface area contributed by atoms with Gasteiger partial charge in [-0.25, -0.2) is 0 Å². The van der Waals surface area contributed by atoms with Crippen molar-refractivity contribution in [2.75, 3.05) is 0 Å². The molecule has 2 aromatic rings. The van der Waals surface area contributed by atoms with E-state index in [1.165, 1.54) is 6.20 Å². The first kappa shape index (κ1) is 12.0. The van der Waals surface area contributed by atoms with Gasteiger partial charge in [-0.3, -0.25) is 4.79 Å². The number of amides is 1. The molecule has 1 amide bonds. The Morgan fingerprint density at radius 2 is 2.06 bits per heavy atom. The van der Waals surface area contributed by atoms with Crippen LogP contribution in [0.5, 0.6) is 11.6 Å². The van der Waals surface area contributed by atoms with E-state index in [1.807, 2.05) is 0 Å². The number of aromatic nitrogens is 2. The van der Waals surface area contributed by atoms with Crippen LogP contribution in [0.2, 0.25) is 0 Å². The van der Waals surface area contributed by atoms with Crippen molar-refractivity contribution >= 4 is 5.91 Å². The van der Waals surface area contributed by atoms with Gasteiger partial charge in [0, 0.05) is 12.1 Å². The summed E-state index contributed by atoms with van der Waals surface area (Å²) in [5, 5.41) is 7.56. The van der Waals surface area contributed by atoms with E-state index in [1.54, 1.807) is 30.3 Å². The molecule has 0 aliphatic carbocycles. The summed E-state index contributed by atoms with van der Waals surface area (Å²) >= 11 is 0. The largest absolute Gasteiger partial charge is 0.436 e. The average Bonchev–Trinajstić information content (AvgIpc) is 2.40. The summed E-state index contributed by atoms with van der Waals surface area (Å²) in [5.74, 6) is 0.0395. The fourth-order valence-electron chi connectivity index (χ4n) is 1.45. The summed E-state index contributed by atoms with van der Waals surface area (Å²) in [6, 6.07) is 8.36. The highest BCUT2D eigenvalue weighted by Gasteiger charge is 2.12. The Balaban J connectivity index is 2.37. The monoisotopic (exact) mass is 244 g/mol. The third-order valence-corrected chi connectivity index (χ3v) is 2.34. The predicted octanol–water partition coefficient (Wildman–Crippen LogP) is 0.827. The van der Waals surface area contributed by atoms with Gasteiger partial charge in [0.15, 0.2) is 0 Å². The first-order chi connectivity index (χ1) is 8.72. The van der Waals surface area contributed by atoms with Crippen LogP contribution in [0, 0.1) is 0 Å². The van der Waals surface area contributed by atoms with Gasteiger partial charge in [-0.05, 0) is 18.2 Å². The standard InChI is InChI=1S/C12H12N4O2/c13-7-8-5-6-15-16-12(8)18-10-4-2-1-3-9(10)11(14)17/h1-6H,7,13H2,(H2,14,17). The second-order valence-electron chi connectivity index (χ2n) is 3.53. The Kier molecular flexibility index (Phi) is 3.49. The number of nitrogens with zero attached hydrogens (tertiary/aromatic N) is 2. The van der Waals surface area contributed by atoms with Crippen LogP contribution in [-0.2, 0) is 6.54 Å². The maximum absolute atomic E-state index is 11.2. The molecule has 6 nitrogen and oxygen atoms in total. The Bertz CT molecular complexity index is 572. The molecule has 0 atom stereocenters. The molecule has 1 aromatic carbocycles. The molecule has 0 radical (unpaired) electrons. The topological polar surface area (TPSA) is 104 Å². The zero-order chi connectivity index (χ0) is 13.0. The minimum absolute atomic E-state index is 0.267. The van der Waals surface area contributed by atoms with Gasteiger partial charge in [-0.1, -0.05) is 12.1 Å². The van der Waals surface area contributed by atoms with Crippen molar-refractivity contribution in [1.82, 2.24) is 10.2 Å². The second kappa shape index (κ2) is 5.24. The van der Waals surface area contributed by atoms with Crippen LogP contribution >= 0.6 is 0 Å². The van der Waals surface area contributed by atoms with Gasteiger partial charge >= 0.3 is 0 Å². The second-order valence-corrected chi connectivity index (χ2v) is 3.53. The fourth-order valence-corrected chi connectivity index (χ4v) is 1.45. The van der Waals surface area contributed by atoms with Gasteiger partial charge in [0.2, 0.25) is 5.88 Å². The maximum Gasteiger partial charge on any atom is 0.252 e. The smallest absolute Gasteiger partial charge is 0.252 e. The molecule has 0 fully saturated rings. The zero-order valence-corrected chi connectivity index (χ0v) is 9.54. The van der Waals surface area contributed by atoms with Crippen LogP contribution < -0.4 is 16.2 Å². The van der Waals surface area contributed by atoms with Crippen LogP contribution in [0.1, 0.15) is 15.9 Å². The van der Waals surface area contributed by atoms with Crippen molar-refractivity contribution in [3.8, 4) is 11.6 Å². The lowest BCUT2D eigenvalue weighted by molar-refractivity contribution is 0.0998. The predicted molar refractivity (Wildman–Crippen MR) is 65.0 cm³/mol. The van der Waals surface area contributed by atoms with Gasteiger partial charge in [0.05, 0.1) is 11.8 Å². The quantitative estimate of drug-likeness (QED) is 0.828. The molecular formula is C12H12N4O2. The van der Waals surface area contributed by atoms with Gasteiger partial charge < -0.3 is 16.2 Å². The number of nitrogens with two attached hydrogens (primary N) is 2. The summed E-state index contributed by atoms with van der Waals surface area (Å²) in [7, 11) is 0. The molecule has 6 heteroatoms. The molecule has 2 rings (SSSR count). The number of benzene rings is 1. The van der Waals surface area contributed by atoms with Crippen molar-refractivity contribution in [3.05, 3.63) is 47.7 Å². The Morgan fingerprint density at radius 1 is 1.28 bits per heavy atom. The highest BCUT2D eigenvalue weighted by Crippen LogP contribution is 2.25. The third-order valence-electron chi connectivity index (χ3n) is 2.34. The number of rotatable bonds is 4. The number of hydrogen-bond donors (Lipinski definition) is 2. The lowest BCUT2D eigenvalue weighted by Gasteiger charge is -2.09. The number of ether oxygens (including phenoxy) is 1. The molecule has 0 aliphatic rings. The number of carbonyl (C=O) groups is 1. The minimum atomic E-state index is -0.566. The minimum Gasteiger partial charge on any atom is -0.436 e. The van der Waals surface area contributed by atoms with Crippen molar-refractivity contribution in [2.45, 2.75) is 6.54 Å². The van der Waals surface area contributed by atoms with E-state index in [2.05, 4.69) is 10.2 Å². The molecule has 4 N–H and O–H groups in total. The molecule has 0 spiro atoms. The van der Waals surface area contributed by atoms with Crippen molar-refractivity contribution in [3.63, 3.8) is 0 Å². The summed E-state index contributed by atoms with van der Waals surface area (Å²) < 4.78 is 5.54. The summed E-state index contributed by atoms with van der Waals surface area (Å²) in [6.45, 7) is 0.267. The first-order valence-electron chi connectivity index (χ1n) is 5.29. The van der Waals surface area contributed by atoms with Crippen LogP contribution in [0.15, 0.2) is 36.5 Å². The third kappa shape index (κ3) is 2.44. The molecule has 1 heterocycles. The summed E-state index contributed by atoms with van der Waals surface area (Å²) in [5.41, 5.74) is 11.8. The van der Waals surface area contributed by atoms with E-state index < -0.39 is 5.91 Å². The average molecular weight is 244 g/mol. The summed E-state index contributed by atoms with van der Waals surface area (Å²) in [4.78, 5) is 11.2. The number of hydrogen-bond acceptors (Lipinski definition) is 5. The van der Waals surface area contributed by atoms with Gasteiger partial charge in [-0.2, -0.15) is 5.10 Å². The van der Waals surface area contributed by atoms with Crippen LogP contribution in [0.3, 0.4) is 0 Å². The SMILES string of the molecule is NCc1ccnnc1Oc1ccccc1C(N)=O. The van der Waals surface area contributed by atoms with Crippen LogP contribution in [0.25, 0.3) is 0 Å². The molecule has 0 aliphatic heterocycles. The molecule has 0 unspecified atom stereocenters. The highest BCUT2D eigenvalue weighted by atomic mass is 16.5. The number of para-hydroxylation sites is 1. The Hall–Kier alpha value is -2.47. The van der Waals surface area contributed by atoms with E-state index in [0.29, 0.717) is 11.3 Å². The lowest BCUT2D eigenvalue weighted by Crippen LogP contribution is -2.12. The van der Waals surface area contributed by atoms with E-state index >= 15 is 0 Å². The number of primary amides is 1. The van der Waals surface area contributed by atoms with Gasteiger partial charge in [-0.15, -0.1) is 5.10 Å². The molecule has 18 heavy (non-hydrogen) atoms. The Labute approximate surface area is 104 Å². The molecule has 0 bridgehead atoms. The van der Waals surface area contributed by atoms with Gasteiger partial charge in [0.1, 0.15) is 5.75 Å². The van der Waals surface area contributed by atoms with E-state index in [-0.39, 0.29) is 18.0 Å². The zero-order valence-electron chi connectivity index (χ0n) is 9.54. The highest BCUT2D eigenvalue weighted by molar-refractivity contribution is 5.95. The van der Waals surface area contributed by atoms with Crippen molar-refractivity contribution < 1.29 is 9.53 Å². The first-order valence-corrected chi connectivity index (χ1v) is 5.29.